The van der Waals surface area contributed by atoms with Crippen LogP contribution in [0.25, 0.3) is 0 Å². The highest BCUT2D eigenvalue weighted by Crippen LogP contribution is 2.23. The Labute approximate surface area is 129 Å². The topological polar surface area (TPSA) is 60.1 Å². The molecule has 0 atom stereocenters. The van der Waals surface area contributed by atoms with Crippen LogP contribution >= 0.6 is 11.6 Å². The van der Waals surface area contributed by atoms with Crippen LogP contribution in [-0.4, -0.2) is 16.6 Å². The van der Waals surface area contributed by atoms with E-state index in [1.165, 1.54) is 0 Å². The summed E-state index contributed by atoms with van der Waals surface area (Å²) < 4.78 is 0. The Hall–Kier alpha value is -2.25. The minimum Gasteiger partial charge on any atom is -0.508 e. The third-order valence-corrected chi connectivity index (χ3v) is 3.41. The molecule has 0 fully saturated rings. The first-order chi connectivity index (χ1) is 10.2. The van der Waals surface area contributed by atoms with Crippen molar-refractivity contribution in [1.29, 1.82) is 5.26 Å². The predicted molar refractivity (Wildman–Crippen MR) is 83.4 cm³/mol. The number of aromatic nitrogens is 1. The zero-order valence-corrected chi connectivity index (χ0v) is 12.5. The number of hydrogen-bond acceptors (Lipinski definition) is 4. The van der Waals surface area contributed by atoms with Gasteiger partial charge >= 0.3 is 0 Å². The Morgan fingerprint density at radius 2 is 2.05 bits per heavy atom. The van der Waals surface area contributed by atoms with E-state index >= 15 is 0 Å². The first kappa shape index (κ1) is 15.1. The van der Waals surface area contributed by atoms with E-state index in [4.69, 9.17) is 16.9 Å². The fourth-order valence-corrected chi connectivity index (χ4v) is 2.23. The fourth-order valence-electron chi connectivity index (χ4n) is 2.08. The number of phenolic OH excluding ortho intramolecular Hbond substituents is 1. The summed E-state index contributed by atoms with van der Waals surface area (Å²) in [6, 6.07) is 12.7. The molecule has 0 bridgehead atoms. The number of rotatable bonds is 5. The second-order valence-corrected chi connectivity index (χ2v) is 5.07. The summed E-state index contributed by atoms with van der Waals surface area (Å²) in [5.41, 5.74) is 1.04. The molecule has 0 radical (unpaired) electrons. The Balaban J connectivity index is 2.31. The molecular formula is C16H16ClN3O. The number of phenols is 1. The Morgan fingerprint density at radius 3 is 2.71 bits per heavy atom. The standard InChI is InChI=1S/C16H16ClN3O/c1-2-9-20(11-12-5-3-4-6-15(12)21)16-8-7-13(17)14(10-18)19-16/h3-8,21H,2,9,11H2,1H3. The van der Waals surface area contributed by atoms with Crippen molar-refractivity contribution in [3.63, 3.8) is 0 Å². The van der Waals surface area contributed by atoms with Gasteiger partial charge in [0.2, 0.25) is 0 Å². The fraction of sp³-hybridized carbons (Fsp3) is 0.250. The van der Waals surface area contributed by atoms with Crippen molar-refractivity contribution in [2.75, 3.05) is 11.4 Å². The lowest BCUT2D eigenvalue weighted by atomic mass is 10.2. The number of nitrogens with zero attached hydrogens (tertiary/aromatic N) is 3. The summed E-state index contributed by atoms with van der Waals surface area (Å²) in [4.78, 5) is 6.31. The number of hydrogen-bond donors (Lipinski definition) is 1. The summed E-state index contributed by atoms with van der Waals surface area (Å²) in [5.74, 6) is 0.939. The third-order valence-electron chi connectivity index (χ3n) is 3.11. The second kappa shape index (κ2) is 6.96. The smallest absolute Gasteiger partial charge is 0.161 e. The predicted octanol–water partition coefficient (Wildman–Crippen LogP) is 3.73. The molecule has 1 aromatic heterocycles. The van der Waals surface area contributed by atoms with Gasteiger partial charge in [-0.3, -0.25) is 0 Å². The number of benzene rings is 1. The van der Waals surface area contributed by atoms with Crippen molar-refractivity contribution in [1.82, 2.24) is 4.98 Å². The van der Waals surface area contributed by atoms with E-state index in [0.717, 1.165) is 18.5 Å². The molecule has 4 nitrogen and oxygen atoms in total. The normalized spacial score (nSPS) is 10.1. The van der Waals surface area contributed by atoms with Crippen LogP contribution in [0.5, 0.6) is 5.75 Å². The van der Waals surface area contributed by atoms with Gasteiger partial charge in [0.05, 0.1) is 5.02 Å². The zero-order valence-electron chi connectivity index (χ0n) is 11.8. The first-order valence-electron chi connectivity index (χ1n) is 6.74. The molecule has 0 aliphatic carbocycles. The Bertz CT molecular complexity index is 667. The van der Waals surface area contributed by atoms with E-state index in [1.807, 2.05) is 23.1 Å². The maximum Gasteiger partial charge on any atom is 0.161 e. The molecule has 0 saturated carbocycles. The van der Waals surface area contributed by atoms with Crippen molar-refractivity contribution in [2.24, 2.45) is 0 Å². The van der Waals surface area contributed by atoms with Gasteiger partial charge in [-0.15, -0.1) is 0 Å². The van der Waals surface area contributed by atoms with Gasteiger partial charge in [-0.25, -0.2) is 4.98 Å². The van der Waals surface area contributed by atoms with Crippen LogP contribution in [0.15, 0.2) is 36.4 Å². The molecule has 1 N–H and O–H groups in total. The summed E-state index contributed by atoms with van der Waals surface area (Å²) in [6.45, 7) is 3.37. The average Bonchev–Trinajstić information content (AvgIpc) is 2.49. The highest BCUT2D eigenvalue weighted by molar-refractivity contribution is 6.31. The van der Waals surface area contributed by atoms with E-state index in [2.05, 4.69) is 11.9 Å². The molecule has 0 aliphatic heterocycles. The van der Waals surface area contributed by atoms with Gasteiger partial charge in [0, 0.05) is 18.7 Å². The number of anilines is 1. The van der Waals surface area contributed by atoms with Crippen LogP contribution in [0.4, 0.5) is 5.82 Å². The van der Waals surface area contributed by atoms with E-state index in [9.17, 15) is 5.11 Å². The summed E-state index contributed by atoms with van der Waals surface area (Å²) in [5, 5.41) is 19.3. The van der Waals surface area contributed by atoms with Gasteiger partial charge in [0.25, 0.3) is 0 Å². The molecule has 108 valence electrons. The van der Waals surface area contributed by atoms with Gasteiger partial charge in [-0.1, -0.05) is 36.7 Å². The first-order valence-corrected chi connectivity index (χ1v) is 7.12. The lowest BCUT2D eigenvalue weighted by Gasteiger charge is -2.24. The zero-order chi connectivity index (χ0) is 15.2. The summed E-state index contributed by atoms with van der Waals surface area (Å²) >= 11 is 5.92. The molecule has 1 aromatic carbocycles. The SMILES string of the molecule is CCCN(Cc1ccccc1O)c1ccc(Cl)c(C#N)n1. The molecule has 21 heavy (non-hydrogen) atoms. The maximum absolute atomic E-state index is 9.90. The van der Waals surface area contributed by atoms with Gasteiger partial charge in [-0.2, -0.15) is 5.26 Å². The van der Waals surface area contributed by atoms with E-state index < -0.39 is 0 Å². The number of pyridine rings is 1. The molecule has 1 heterocycles. The van der Waals surface area contributed by atoms with Crippen molar-refractivity contribution in [3.05, 3.63) is 52.7 Å². The number of para-hydroxylation sites is 1. The molecular weight excluding hydrogens is 286 g/mol. The Morgan fingerprint density at radius 1 is 1.29 bits per heavy atom. The van der Waals surface area contributed by atoms with Crippen molar-refractivity contribution in [3.8, 4) is 11.8 Å². The molecule has 2 aromatic rings. The molecule has 0 saturated heterocycles. The largest absolute Gasteiger partial charge is 0.508 e. The lowest BCUT2D eigenvalue weighted by molar-refractivity contribution is 0.467. The minimum absolute atomic E-state index is 0.215. The van der Waals surface area contributed by atoms with Gasteiger partial charge in [0.1, 0.15) is 17.6 Å². The highest BCUT2D eigenvalue weighted by Gasteiger charge is 2.12. The van der Waals surface area contributed by atoms with Crippen molar-refractivity contribution < 1.29 is 5.11 Å². The van der Waals surface area contributed by atoms with Crippen LogP contribution in [0.3, 0.4) is 0 Å². The number of aromatic hydroxyl groups is 1. The summed E-state index contributed by atoms with van der Waals surface area (Å²) in [6.07, 6.45) is 0.930. The average molecular weight is 302 g/mol. The minimum atomic E-state index is 0.215. The summed E-state index contributed by atoms with van der Waals surface area (Å²) in [7, 11) is 0. The monoisotopic (exact) mass is 301 g/mol. The molecule has 0 amide bonds. The molecule has 5 heteroatoms. The van der Waals surface area contributed by atoms with Gasteiger partial charge in [-0.05, 0) is 24.6 Å². The third kappa shape index (κ3) is 3.65. The quantitative estimate of drug-likeness (QED) is 0.914. The second-order valence-electron chi connectivity index (χ2n) is 4.66. The van der Waals surface area contributed by atoms with E-state index in [-0.39, 0.29) is 11.4 Å². The van der Waals surface area contributed by atoms with Crippen molar-refractivity contribution >= 4 is 17.4 Å². The van der Waals surface area contributed by atoms with Crippen LogP contribution < -0.4 is 4.90 Å². The molecule has 0 unspecified atom stereocenters. The van der Waals surface area contributed by atoms with Crippen molar-refractivity contribution in [2.45, 2.75) is 19.9 Å². The maximum atomic E-state index is 9.90. The van der Waals surface area contributed by atoms with Gasteiger partial charge < -0.3 is 10.0 Å². The number of nitriles is 1. The van der Waals surface area contributed by atoms with E-state index in [1.54, 1.807) is 24.3 Å². The number of halogens is 1. The molecule has 0 spiro atoms. The highest BCUT2D eigenvalue weighted by atomic mass is 35.5. The molecule has 2 rings (SSSR count). The van der Waals surface area contributed by atoms with Gasteiger partial charge in [0.15, 0.2) is 5.69 Å². The van der Waals surface area contributed by atoms with Crippen LogP contribution in [0.2, 0.25) is 5.02 Å². The van der Waals surface area contributed by atoms with E-state index in [0.29, 0.717) is 17.4 Å². The van der Waals surface area contributed by atoms with Crippen LogP contribution in [0, 0.1) is 11.3 Å². The Kier molecular flexibility index (Phi) is 5.02. The van der Waals surface area contributed by atoms with Crippen LogP contribution in [0.1, 0.15) is 24.6 Å². The van der Waals surface area contributed by atoms with Crippen LogP contribution in [-0.2, 0) is 6.54 Å². The lowest BCUT2D eigenvalue weighted by Crippen LogP contribution is -2.24. The molecule has 0 aliphatic rings.